The second-order valence-electron chi connectivity index (χ2n) is 5.49. The van der Waals surface area contributed by atoms with Gasteiger partial charge in [0.1, 0.15) is 5.51 Å². The van der Waals surface area contributed by atoms with E-state index in [0.29, 0.717) is 10.7 Å². The van der Waals surface area contributed by atoms with Gasteiger partial charge in [-0.3, -0.25) is 19.5 Å². The predicted octanol–water partition coefficient (Wildman–Crippen LogP) is 1.81. The van der Waals surface area contributed by atoms with Crippen LogP contribution in [0.25, 0.3) is 0 Å². The van der Waals surface area contributed by atoms with Crippen LogP contribution in [0.5, 0.6) is 0 Å². The average Bonchev–Trinajstić information content (AvgIpc) is 3.23. The summed E-state index contributed by atoms with van der Waals surface area (Å²) in [4.78, 5) is 30.5. The van der Waals surface area contributed by atoms with Gasteiger partial charge in [0, 0.05) is 18.3 Å². The lowest BCUT2D eigenvalue weighted by Gasteiger charge is -2.23. The number of amides is 1. The van der Waals surface area contributed by atoms with Crippen LogP contribution >= 0.6 is 11.3 Å². The maximum Gasteiger partial charge on any atom is 0.296 e. The minimum absolute atomic E-state index is 0.103. The molecule has 2 aromatic rings. The molecule has 0 bridgehead atoms. The molecule has 1 unspecified atom stereocenters. The Morgan fingerprint density at radius 3 is 2.83 bits per heavy atom. The van der Waals surface area contributed by atoms with Crippen molar-refractivity contribution in [2.24, 2.45) is 5.92 Å². The molecule has 0 spiro atoms. The summed E-state index contributed by atoms with van der Waals surface area (Å²) in [6.45, 7) is 0. The van der Waals surface area contributed by atoms with Gasteiger partial charge in [-0.05, 0) is 24.5 Å². The number of aliphatic hydroxyl groups excluding tert-OH is 1. The summed E-state index contributed by atoms with van der Waals surface area (Å²) in [6.07, 6.45) is 4.79. The molecular weight excluding hydrogens is 316 g/mol. The van der Waals surface area contributed by atoms with E-state index < -0.39 is 17.7 Å². The Kier molecular flexibility index (Phi) is 3.19. The van der Waals surface area contributed by atoms with E-state index in [9.17, 15) is 14.7 Å². The van der Waals surface area contributed by atoms with Crippen molar-refractivity contribution >= 4 is 28.2 Å². The number of hydrogen-bond donors (Lipinski definition) is 1. The Hall–Kier alpha value is -2.61. The molecule has 1 aliphatic carbocycles. The fourth-order valence-corrected chi connectivity index (χ4v) is 3.33. The van der Waals surface area contributed by atoms with Gasteiger partial charge in [-0.25, -0.2) is 0 Å². The summed E-state index contributed by atoms with van der Waals surface area (Å²) < 4.78 is 0. The van der Waals surface area contributed by atoms with Crippen LogP contribution in [0.1, 0.15) is 24.4 Å². The van der Waals surface area contributed by atoms with Crippen LogP contribution in [-0.2, 0) is 9.59 Å². The molecule has 23 heavy (non-hydrogen) atoms. The Balaban J connectivity index is 1.85. The van der Waals surface area contributed by atoms with E-state index in [1.165, 1.54) is 21.7 Å². The lowest BCUT2D eigenvalue weighted by molar-refractivity contribution is -0.118. The predicted molar refractivity (Wildman–Crippen MR) is 81.8 cm³/mol. The highest BCUT2D eigenvalue weighted by atomic mass is 32.1. The van der Waals surface area contributed by atoms with Crippen molar-refractivity contribution in [1.82, 2.24) is 15.2 Å². The SMILES string of the molecule is O=C(C1=C(O)C(=O)N(c2nncs2)C1c1cccnc1)C1CC1. The first-order valence-corrected chi connectivity index (χ1v) is 8.03. The molecule has 7 nitrogen and oxygen atoms in total. The largest absolute Gasteiger partial charge is 0.503 e. The number of aliphatic hydroxyl groups is 1. The van der Waals surface area contributed by atoms with E-state index in [-0.39, 0.29) is 17.3 Å². The van der Waals surface area contributed by atoms with Crippen molar-refractivity contribution in [3.8, 4) is 0 Å². The number of carbonyl (C=O) groups excluding carboxylic acids is 2. The first-order chi connectivity index (χ1) is 11.2. The van der Waals surface area contributed by atoms with Crippen molar-refractivity contribution < 1.29 is 14.7 Å². The molecule has 0 radical (unpaired) electrons. The molecule has 2 aliphatic rings. The van der Waals surface area contributed by atoms with E-state index in [0.717, 1.165) is 12.8 Å². The highest BCUT2D eigenvalue weighted by Gasteiger charge is 2.48. The number of pyridine rings is 1. The molecule has 1 N–H and O–H groups in total. The molecule has 1 amide bonds. The van der Waals surface area contributed by atoms with Gasteiger partial charge in [0.15, 0.2) is 11.5 Å². The van der Waals surface area contributed by atoms with E-state index in [2.05, 4.69) is 15.2 Å². The van der Waals surface area contributed by atoms with Gasteiger partial charge in [0.25, 0.3) is 5.91 Å². The monoisotopic (exact) mass is 328 g/mol. The number of hydrogen-bond acceptors (Lipinski definition) is 7. The zero-order valence-corrected chi connectivity index (χ0v) is 12.7. The zero-order chi connectivity index (χ0) is 16.0. The summed E-state index contributed by atoms with van der Waals surface area (Å²) in [5.41, 5.74) is 2.30. The van der Waals surface area contributed by atoms with Crippen LogP contribution in [-0.4, -0.2) is 32.0 Å². The van der Waals surface area contributed by atoms with Crippen LogP contribution in [0.4, 0.5) is 5.13 Å². The van der Waals surface area contributed by atoms with Crippen molar-refractivity contribution in [3.63, 3.8) is 0 Å². The van der Waals surface area contributed by atoms with E-state index >= 15 is 0 Å². The van der Waals surface area contributed by atoms with Crippen LogP contribution in [0, 0.1) is 5.92 Å². The number of nitrogens with zero attached hydrogens (tertiary/aromatic N) is 4. The molecule has 1 atom stereocenters. The standard InChI is InChI=1S/C15H12N4O3S/c20-12(8-3-4-8)10-11(9-2-1-5-16-6-9)19(14(22)13(10)21)15-18-17-7-23-15/h1-2,5-8,11,21H,3-4H2. The first-order valence-electron chi connectivity index (χ1n) is 7.15. The molecule has 2 aromatic heterocycles. The number of Topliss-reactive ketones (excluding diaryl/α,β-unsaturated/α-hetero) is 1. The van der Waals surface area contributed by atoms with Crippen LogP contribution < -0.4 is 4.90 Å². The first kappa shape index (κ1) is 14.0. The molecule has 4 rings (SSSR count). The molecule has 1 saturated carbocycles. The molecule has 3 heterocycles. The lowest BCUT2D eigenvalue weighted by Crippen LogP contribution is -2.31. The number of rotatable bonds is 4. The summed E-state index contributed by atoms with van der Waals surface area (Å²) in [5, 5.41) is 18.3. The summed E-state index contributed by atoms with van der Waals surface area (Å²) in [6, 6.07) is 2.79. The maximum atomic E-state index is 12.6. The Morgan fingerprint density at radius 2 is 2.22 bits per heavy atom. The highest BCUT2D eigenvalue weighted by molar-refractivity contribution is 7.13. The highest BCUT2D eigenvalue weighted by Crippen LogP contribution is 2.44. The number of anilines is 1. The van der Waals surface area contributed by atoms with E-state index in [4.69, 9.17) is 0 Å². The number of ketones is 1. The second-order valence-corrected chi connectivity index (χ2v) is 6.30. The molecule has 116 valence electrons. The Morgan fingerprint density at radius 1 is 1.39 bits per heavy atom. The Labute approximate surface area is 135 Å². The third-order valence-corrected chi connectivity index (χ3v) is 4.67. The third kappa shape index (κ3) is 2.22. The van der Waals surface area contributed by atoms with Gasteiger partial charge in [-0.15, -0.1) is 10.2 Å². The smallest absolute Gasteiger partial charge is 0.296 e. The van der Waals surface area contributed by atoms with Crippen LogP contribution in [0.3, 0.4) is 0 Å². The van der Waals surface area contributed by atoms with E-state index in [1.807, 2.05) is 0 Å². The lowest BCUT2D eigenvalue weighted by atomic mass is 9.95. The summed E-state index contributed by atoms with van der Waals surface area (Å²) in [5.74, 6) is -1.39. The van der Waals surface area contributed by atoms with Crippen LogP contribution in [0.15, 0.2) is 41.4 Å². The topological polar surface area (TPSA) is 96.3 Å². The van der Waals surface area contributed by atoms with Crippen molar-refractivity contribution in [2.75, 3.05) is 4.90 Å². The van der Waals surface area contributed by atoms with E-state index in [1.54, 1.807) is 24.5 Å². The van der Waals surface area contributed by atoms with Crippen molar-refractivity contribution in [2.45, 2.75) is 18.9 Å². The summed E-state index contributed by atoms with van der Waals surface area (Å²) in [7, 11) is 0. The van der Waals surface area contributed by atoms with Gasteiger partial charge in [-0.2, -0.15) is 0 Å². The molecule has 0 saturated heterocycles. The summed E-state index contributed by atoms with van der Waals surface area (Å²) >= 11 is 1.18. The minimum Gasteiger partial charge on any atom is -0.503 e. The second kappa shape index (κ2) is 5.24. The fraction of sp³-hybridized carbons (Fsp3) is 0.267. The van der Waals surface area contributed by atoms with Gasteiger partial charge >= 0.3 is 0 Å². The van der Waals surface area contributed by atoms with Gasteiger partial charge in [-0.1, -0.05) is 17.4 Å². The third-order valence-electron chi connectivity index (χ3n) is 3.98. The van der Waals surface area contributed by atoms with Crippen molar-refractivity contribution in [3.05, 3.63) is 46.9 Å². The zero-order valence-electron chi connectivity index (χ0n) is 11.9. The molecule has 1 fully saturated rings. The normalized spacial score (nSPS) is 21.1. The van der Waals surface area contributed by atoms with Gasteiger partial charge < -0.3 is 5.11 Å². The Bertz CT molecular complexity index is 799. The quantitative estimate of drug-likeness (QED) is 0.919. The maximum absolute atomic E-state index is 12.6. The van der Waals surface area contributed by atoms with Gasteiger partial charge in [0.05, 0.1) is 11.6 Å². The number of aromatic nitrogens is 3. The molecule has 1 aliphatic heterocycles. The molecular formula is C15H12N4O3S. The minimum atomic E-state index is -0.711. The van der Waals surface area contributed by atoms with Crippen LogP contribution in [0.2, 0.25) is 0 Å². The van der Waals surface area contributed by atoms with Crippen molar-refractivity contribution in [1.29, 1.82) is 0 Å². The molecule has 0 aromatic carbocycles. The fourth-order valence-electron chi connectivity index (χ4n) is 2.74. The number of carbonyl (C=O) groups is 2. The van der Waals surface area contributed by atoms with Gasteiger partial charge in [0.2, 0.25) is 5.13 Å². The molecule has 8 heteroatoms. The average molecular weight is 328 g/mol.